The molecule has 106 valence electrons. The van der Waals surface area contributed by atoms with Gasteiger partial charge in [0.2, 0.25) is 0 Å². The molecule has 2 rings (SSSR count). The van der Waals surface area contributed by atoms with Crippen LogP contribution in [-0.2, 0) is 6.42 Å². The van der Waals surface area contributed by atoms with Crippen molar-refractivity contribution in [1.82, 2.24) is 0 Å². The average molecular weight is 277 g/mol. The fraction of sp³-hybridized carbons (Fsp3) is 0.250. The lowest BCUT2D eigenvalue weighted by Gasteiger charge is -2.18. The van der Waals surface area contributed by atoms with Crippen LogP contribution in [0.5, 0.6) is 5.75 Å². The first-order chi connectivity index (χ1) is 9.60. The van der Waals surface area contributed by atoms with Crippen LogP contribution in [-0.4, -0.2) is 13.2 Å². The van der Waals surface area contributed by atoms with Crippen molar-refractivity contribution in [2.24, 2.45) is 0 Å². The number of rotatable bonds is 5. The number of anilines is 1. The molecule has 2 nitrogen and oxygen atoms in total. The molecule has 1 unspecified atom stereocenters. The van der Waals surface area contributed by atoms with E-state index in [2.05, 4.69) is 5.32 Å². The Hall–Kier alpha value is -2.10. The van der Waals surface area contributed by atoms with E-state index in [0.717, 1.165) is 0 Å². The van der Waals surface area contributed by atoms with Crippen LogP contribution < -0.4 is 10.1 Å². The molecule has 4 heteroatoms. The molecule has 0 aliphatic rings. The number of nitrogens with one attached hydrogen (secondary N) is 1. The van der Waals surface area contributed by atoms with E-state index in [1.807, 2.05) is 13.0 Å². The number of methoxy groups -OCH3 is 1. The molecule has 20 heavy (non-hydrogen) atoms. The second-order valence-electron chi connectivity index (χ2n) is 4.69. The predicted molar refractivity (Wildman–Crippen MR) is 76.1 cm³/mol. The van der Waals surface area contributed by atoms with E-state index in [0.29, 0.717) is 23.4 Å². The zero-order chi connectivity index (χ0) is 14.5. The maximum atomic E-state index is 13.6. The average Bonchev–Trinajstić information content (AvgIpc) is 2.43. The summed E-state index contributed by atoms with van der Waals surface area (Å²) in [5.74, 6) is -0.133. The molecule has 0 bridgehead atoms. The van der Waals surface area contributed by atoms with Gasteiger partial charge >= 0.3 is 0 Å². The van der Waals surface area contributed by atoms with E-state index in [1.165, 1.54) is 25.3 Å². The highest BCUT2D eigenvalue weighted by Crippen LogP contribution is 2.26. The lowest BCUT2D eigenvalue weighted by atomic mass is 10.1. The molecule has 0 spiro atoms. The van der Waals surface area contributed by atoms with Gasteiger partial charge in [0, 0.05) is 12.1 Å². The van der Waals surface area contributed by atoms with Crippen LogP contribution in [0.3, 0.4) is 0 Å². The zero-order valence-electron chi connectivity index (χ0n) is 11.5. The molecule has 0 amide bonds. The van der Waals surface area contributed by atoms with Gasteiger partial charge in [0.15, 0.2) is 0 Å². The minimum atomic E-state index is -0.353. The van der Waals surface area contributed by atoms with Crippen LogP contribution in [0.15, 0.2) is 42.5 Å². The largest absolute Gasteiger partial charge is 0.494 e. The number of ether oxygens (including phenoxy) is 1. The summed E-state index contributed by atoms with van der Waals surface area (Å²) >= 11 is 0. The van der Waals surface area contributed by atoms with Crippen molar-refractivity contribution in [1.29, 1.82) is 0 Å². The van der Waals surface area contributed by atoms with E-state index in [4.69, 9.17) is 4.74 Å². The van der Waals surface area contributed by atoms with Crippen LogP contribution in [0.1, 0.15) is 12.5 Å². The van der Waals surface area contributed by atoms with E-state index < -0.39 is 0 Å². The van der Waals surface area contributed by atoms with Crippen molar-refractivity contribution in [3.8, 4) is 5.75 Å². The Morgan fingerprint density at radius 1 is 1.15 bits per heavy atom. The van der Waals surface area contributed by atoms with Crippen LogP contribution >= 0.6 is 0 Å². The monoisotopic (exact) mass is 277 g/mol. The third-order valence-electron chi connectivity index (χ3n) is 3.05. The minimum Gasteiger partial charge on any atom is -0.494 e. The maximum Gasteiger partial charge on any atom is 0.144 e. The summed E-state index contributed by atoms with van der Waals surface area (Å²) < 4.78 is 31.8. The normalized spacial score (nSPS) is 12.0. The van der Waals surface area contributed by atoms with Gasteiger partial charge in [0.1, 0.15) is 17.4 Å². The second-order valence-corrected chi connectivity index (χ2v) is 4.69. The fourth-order valence-electron chi connectivity index (χ4n) is 2.09. The summed E-state index contributed by atoms with van der Waals surface area (Å²) in [7, 11) is 1.49. The summed E-state index contributed by atoms with van der Waals surface area (Å²) in [4.78, 5) is 0. The summed E-state index contributed by atoms with van der Waals surface area (Å²) in [6.45, 7) is 1.94. The number of hydrogen-bond acceptors (Lipinski definition) is 2. The number of halogens is 2. The van der Waals surface area contributed by atoms with Gasteiger partial charge < -0.3 is 10.1 Å². The van der Waals surface area contributed by atoms with Gasteiger partial charge in [0.05, 0.1) is 12.8 Å². The zero-order valence-corrected chi connectivity index (χ0v) is 11.5. The molecule has 0 fully saturated rings. The molecule has 0 saturated carbocycles. The number of benzene rings is 2. The fourth-order valence-corrected chi connectivity index (χ4v) is 2.09. The van der Waals surface area contributed by atoms with E-state index in [-0.39, 0.29) is 17.7 Å². The molecule has 0 saturated heterocycles. The Labute approximate surface area is 117 Å². The van der Waals surface area contributed by atoms with Crippen molar-refractivity contribution in [3.05, 3.63) is 59.7 Å². The van der Waals surface area contributed by atoms with Gasteiger partial charge in [-0.2, -0.15) is 0 Å². The molecule has 0 heterocycles. The third kappa shape index (κ3) is 3.47. The van der Waals surface area contributed by atoms with Gasteiger partial charge in [-0.1, -0.05) is 18.2 Å². The van der Waals surface area contributed by atoms with Gasteiger partial charge in [-0.05, 0) is 37.1 Å². The van der Waals surface area contributed by atoms with Crippen LogP contribution in [0, 0.1) is 11.6 Å². The highest BCUT2D eigenvalue weighted by Gasteiger charge is 2.10. The van der Waals surface area contributed by atoms with Gasteiger partial charge in [-0.25, -0.2) is 8.78 Å². The van der Waals surface area contributed by atoms with Crippen molar-refractivity contribution in [2.45, 2.75) is 19.4 Å². The van der Waals surface area contributed by atoms with Gasteiger partial charge in [0.25, 0.3) is 0 Å². The molecule has 2 aromatic rings. The topological polar surface area (TPSA) is 21.3 Å². The Balaban J connectivity index is 2.08. The molecule has 0 aliphatic carbocycles. The highest BCUT2D eigenvalue weighted by molar-refractivity contribution is 5.57. The lowest BCUT2D eigenvalue weighted by Crippen LogP contribution is -2.19. The summed E-state index contributed by atoms with van der Waals surface area (Å²) in [6.07, 6.45) is 0.535. The van der Waals surface area contributed by atoms with Crippen molar-refractivity contribution in [3.63, 3.8) is 0 Å². The summed E-state index contributed by atoms with van der Waals surface area (Å²) in [5.41, 5.74) is 1.34. The van der Waals surface area contributed by atoms with Crippen molar-refractivity contribution >= 4 is 5.69 Å². The second kappa shape index (κ2) is 6.37. The van der Waals surface area contributed by atoms with E-state index in [9.17, 15) is 8.78 Å². The Kier molecular flexibility index (Phi) is 4.56. The van der Waals surface area contributed by atoms with Crippen LogP contribution in [0.2, 0.25) is 0 Å². The Morgan fingerprint density at radius 3 is 2.60 bits per heavy atom. The molecule has 1 N–H and O–H groups in total. The predicted octanol–water partition coefficient (Wildman–Crippen LogP) is 4.02. The first-order valence-electron chi connectivity index (χ1n) is 6.43. The summed E-state index contributed by atoms with van der Waals surface area (Å²) in [5, 5.41) is 3.21. The molecular formula is C16H17F2NO. The maximum absolute atomic E-state index is 13.6. The molecule has 2 aromatic carbocycles. The Bertz CT molecular complexity index is 586. The minimum absolute atomic E-state index is 0.00809. The van der Waals surface area contributed by atoms with Crippen LogP contribution in [0.4, 0.5) is 14.5 Å². The van der Waals surface area contributed by atoms with Gasteiger partial charge in [-0.3, -0.25) is 0 Å². The third-order valence-corrected chi connectivity index (χ3v) is 3.05. The van der Waals surface area contributed by atoms with E-state index >= 15 is 0 Å². The highest BCUT2D eigenvalue weighted by atomic mass is 19.1. The van der Waals surface area contributed by atoms with E-state index in [1.54, 1.807) is 18.2 Å². The van der Waals surface area contributed by atoms with Crippen LogP contribution in [0.25, 0.3) is 0 Å². The van der Waals surface area contributed by atoms with Gasteiger partial charge in [-0.15, -0.1) is 0 Å². The smallest absolute Gasteiger partial charge is 0.144 e. The molecule has 1 atom stereocenters. The molecule has 0 aromatic heterocycles. The lowest BCUT2D eigenvalue weighted by molar-refractivity contribution is 0.412. The van der Waals surface area contributed by atoms with Crippen molar-refractivity contribution in [2.75, 3.05) is 12.4 Å². The standard InChI is InChI=1S/C16H17F2NO/c1-11(9-12-5-3-4-6-14(12)18)19-15-8-7-13(17)10-16(15)20-2/h3-8,10-11,19H,9H2,1-2H3. The summed E-state index contributed by atoms with van der Waals surface area (Å²) in [6, 6.07) is 11.0. The first kappa shape index (κ1) is 14.3. The van der Waals surface area contributed by atoms with Crippen molar-refractivity contribution < 1.29 is 13.5 Å². The molecule has 0 aliphatic heterocycles. The Morgan fingerprint density at radius 2 is 1.90 bits per heavy atom. The SMILES string of the molecule is COc1cc(F)ccc1NC(C)Cc1ccccc1F. The number of hydrogen-bond donors (Lipinski definition) is 1. The first-order valence-corrected chi connectivity index (χ1v) is 6.43. The molecule has 0 radical (unpaired) electrons. The molecular weight excluding hydrogens is 260 g/mol. The quantitative estimate of drug-likeness (QED) is 0.891.